The summed E-state index contributed by atoms with van der Waals surface area (Å²) in [4.78, 5) is 15.5. The van der Waals surface area contributed by atoms with Gasteiger partial charge in [-0.05, 0) is 13.3 Å². The smallest absolute Gasteiger partial charge is 0.305 e. The Labute approximate surface area is 117 Å². The molecule has 0 saturated carbocycles. The minimum atomic E-state index is -0.195. The second kappa shape index (κ2) is 6.86. The van der Waals surface area contributed by atoms with Crippen LogP contribution in [0, 0.1) is 5.92 Å². The normalized spacial score (nSPS) is 22.4. The van der Waals surface area contributed by atoms with Gasteiger partial charge in [-0.25, -0.2) is 4.98 Å². The zero-order valence-corrected chi connectivity index (χ0v) is 12.2. The predicted molar refractivity (Wildman–Crippen MR) is 74.5 cm³/mol. The average molecular weight is 284 g/mol. The van der Waals surface area contributed by atoms with Crippen LogP contribution in [-0.2, 0) is 20.7 Å². The van der Waals surface area contributed by atoms with Crippen LogP contribution in [0.15, 0.2) is 5.38 Å². The van der Waals surface area contributed by atoms with Gasteiger partial charge < -0.3 is 14.8 Å². The predicted octanol–water partition coefficient (Wildman–Crippen LogP) is 2.09. The third-order valence-electron chi connectivity index (χ3n) is 3.41. The third-order valence-corrected chi connectivity index (χ3v) is 4.26. The Morgan fingerprint density at radius 3 is 3.21 bits per heavy atom. The van der Waals surface area contributed by atoms with E-state index in [1.54, 1.807) is 11.3 Å². The minimum Gasteiger partial charge on any atom is -0.469 e. The van der Waals surface area contributed by atoms with Crippen LogP contribution in [0.25, 0.3) is 0 Å². The van der Waals surface area contributed by atoms with Gasteiger partial charge in [-0.2, -0.15) is 0 Å². The van der Waals surface area contributed by atoms with Crippen molar-refractivity contribution in [3.63, 3.8) is 0 Å². The number of hydrogen-bond donors (Lipinski definition) is 1. The van der Waals surface area contributed by atoms with Crippen molar-refractivity contribution < 1.29 is 14.3 Å². The maximum Gasteiger partial charge on any atom is 0.305 e. The summed E-state index contributed by atoms with van der Waals surface area (Å²) in [5.74, 6) is 0.363. The summed E-state index contributed by atoms with van der Waals surface area (Å²) in [5, 5.41) is 6.25. The van der Waals surface area contributed by atoms with Crippen LogP contribution < -0.4 is 5.32 Å². The summed E-state index contributed by atoms with van der Waals surface area (Å²) >= 11 is 1.58. The van der Waals surface area contributed by atoms with E-state index in [0.29, 0.717) is 24.9 Å². The molecule has 0 spiro atoms. The molecule has 0 amide bonds. The number of aromatic nitrogens is 1. The Morgan fingerprint density at radius 2 is 2.53 bits per heavy atom. The largest absolute Gasteiger partial charge is 0.469 e. The Bertz CT molecular complexity index is 422. The Kier molecular flexibility index (Phi) is 5.15. The molecule has 0 aromatic carbocycles. The van der Waals surface area contributed by atoms with Crippen LogP contribution in [-0.4, -0.2) is 37.3 Å². The van der Waals surface area contributed by atoms with Crippen LogP contribution in [0.1, 0.15) is 25.5 Å². The highest BCUT2D eigenvalue weighted by molar-refractivity contribution is 7.13. The molecule has 1 N–H and O–H groups in total. The molecule has 2 unspecified atom stereocenters. The van der Waals surface area contributed by atoms with E-state index in [1.165, 1.54) is 7.11 Å². The van der Waals surface area contributed by atoms with Gasteiger partial charge in [0.2, 0.25) is 0 Å². The quantitative estimate of drug-likeness (QED) is 0.811. The van der Waals surface area contributed by atoms with Crippen LogP contribution in [0.4, 0.5) is 5.13 Å². The first-order valence-electron chi connectivity index (χ1n) is 6.55. The fourth-order valence-electron chi connectivity index (χ4n) is 2.10. The van der Waals surface area contributed by atoms with E-state index >= 15 is 0 Å². The second-order valence-electron chi connectivity index (χ2n) is 4.73. The van der Waals surface area contributed by atoms with Gasteiger partial charge >= 0.3 is 5.97 Å². The highest BCUT2D eigenvalue weighted by atomic mass is 32.1. The van der Waals surface area contributed by atoms with Gasteiger partial charge in [-0.1, -0.05) is 0 Å². The number of hydrogen-bond acceptors (Lipinski definition) is 6. The van der Waals surface area contributed by atoms with Crippen LogP contribution in [0.5, 0.6) is 0 Å². The number of nitrogens with zero attached hydrogens (tertiary/aromatic N) is 1. The van der Waals surface area contributed by atoms with Crippen molar-refractivity contribution in [2.75, 3.05) is 25.6 Å². The van der Waals surface area contributed by atoms with E-state index in [4.69, 9.17) is 4.74 Å². The summed E-state index contributed by atoms with van der Waals surface area (Å²) in [6, 6.07) is 0. The van der Waals surface area contributed by atoms with Gasteiger partial charge in [0.05, 0.1) is 25.3 Å². The SMILES string of the molecule is COC(=O)CCc1csc(NCC2CCOC2C)n1. The van der Waals surface area contributed by atoms with Gasteiger partial charge in [0.1, 0.15) is 0 Å². The van der Waals surface area contributed by atoms with Crippen LogP contribution in [0.3, 0.4) is 0 Å². The van der Waals surface area contributed by atoms with E-state index in [1.807, 2.05) is 5.38 Å². The first-order chi connectivity index (χ1) is 9.19. The number of carbonyl (C=O) groups is 1. The summed E-state index contributed by atoms with van der Waals surface area (Å²) in [6.07, 6.45) is 2.45. The van der Waals surface area contributed by atoms with Gasteiger partial charge in [0, 0.05) is 30.9 Å². The summed E-state index contributed by atoms with van der Waals surface area (Å²) < 4.78 is 10.1. The van der Waals surface area contributed by atoms with E-state index in [2.05, 4.69) is 22.0 Å². The molecule has 0 aliphatic carbocycles. The Balaban J connectivity index is 1.75. The van der Waals surface area contributed by atoms with E-state index in [9.17, 15) is 4.79 Å². The van der Waals surface area contributed by atoms with Crippen molar-refractivity contribution in [3.8, 4) is 0 Å². The Hall–Kier alpha value is -1.14. The molecule has 1 aromatic rings. The zero-order chi connectivity index (χ0) is 13.7. The molecule has 19 heavy (non-hydrogen) atoms. The maximum absolute atomic E-state index is 11.1. The molecule has 1 aliphatic heterocycles. The molecule has 0 radical (unpaired) electrons. The molecule has 1 aliphatic rings. The first kappa shape index (κ1) is 14.3. The number of nitrogens with one attached hydrogen (secondary N) is 1. The lowest BCUT2D eigenvalue weighted by Gasteiger charge is -2.13. The molecule has 2 heterocycles. The fourth-order valence-corrected chi connectivity index (χ4v) is 2.85. The first-order valence-corrected chi connectivity index (χ1v) is 7.43. The summed E-state index contributed by atoms with van der Waals surface area (Å²) in [7, 11) is 1.40. The topological polar surface area (TPSA) is 60.5 Å². The van der Waals surface area contributed by atoms with Crippen LogP contribution >= 0.6 is 11.3 Å². The molecule has 106 valence electrons. The second-order valence-corrected chi connectivity index (χ2v) is 5.58. The number of thiazole rings is 1. The molecule has 2 atom stereocenters. The molecule has 1 saturated heterocycles. The number of anilines is 1. The van der Waals surface area contributed by atoms with Gasteiger partial charge in [0.25, 0.3) is 0 Å². The molecular formula is C13H20N2O3S. The van der Waals surface area contributed by atoms with Crippen molar-refractivity contribution in [1.29, 1.82) is 0 Å². The zero-order valence-electron chi connectivity index (χ0n) is 11.3. The van der Waals surface area contributed by atoms with Gasteiger partial charge in [0.15, 0.2) is 5.13 Å². The number of rotatable bonds is 6. The van der Waals surface area contributed by atoms with Crippen molar-refractivity contribution in [1.82, 2.24) is 4.98 Å². The van der Waals surface area contributed by atoms with Gasteiger partial charge in [-0.15, -0.1) is 11.3 Å². The lowest BCUT2D eigenvalue weighted by molar-refractivity contribution is -0.140. The minimum absolute atomic E-state index is 0.195. The number of aryl methyl sites for hydroxylation is 1. The molecule has 0 bridgehead atoms. The molecule has 5 nitrogen and oxygen atoms in total. The lowest BCUT2D eigenvalue weighted by Crippen LogP contribution is -2.20. The van der Waals surface area contributed by atoms with E-state index < -0.39 is 0 Å². The van der Waals surface area contributed by atoms with Crippen molar-refractivity contribution >= 4 is 22.4 Å². The number of carbonyl (C=O) groups excluding carboxylic acids is 1. The van der Waals surface area contributed by atoms with Crippen LogP contribution in [0.2, 0.25) is 0 Å². The Morgan fingerprint density at radius 1 is 1.68 bits per heavy atom. The summed E-state index contributed by atoms with van der Waals surface area (Å²) in [5.41, 5.74) is 0.939. The molecule has 2 rings (SSSR count). The molecule has 6 heteroatoms. The number of esters is 1. The van der Waals surface area contributed by atoms with E-state index in [0.717, 1.165) is 30.4 Å². The van der Waals surface area contributed by atoms with E-state index in [-0.39, 0.29) is 5.97 Å². The number of ether oxygens (including phenoxy) is 2. The standard InChI is InChI=1S/C13H20N2O3S/c1-9-10(5-6-18-9)7-14-13-15-11(8-19-13)3-4-12(16)17-2/h8-10H,3-7H2,1-2H3,(H,14,15). The highest BCUT2D eigenvalue weighted by Gasteiger charge is 2.23. The molecule has 1 fully saturated rings. The van der Waals surface area contributed by atoms with Crippen molar-refractivity contribution in [3.05, 3.63) is 11.1 Å². The molecule has 1 aromatic heterocycles. The van der Waals surface area contributed by atoms with Crippen molar-refractivity contribution in [2.45, 2.75) is 32.3 Å². The molecular weight excluding hydrogens is 264 g/mol. The number of methoxy groups -OCH3 is 1. The van der Waals surface area contributed by atoms with Gasteiger partial charge in [-0.3, -0.25) is 4.79 Å². The highest BCUT2D eigenvalue weighted by Crippen LogP contribution is 2.22. The van der Waals surface area contributed by atoms with Crippen molar-refractivity contribution in [2.24, 2.45) is 5.92 Å². The average Bonchev–Trinajstić information content (AvgIpc) is 3.02. The summed E-state index contributed by atoms with van der Waals surface area (Å²) in [6.45, 7) is 3.86. The maximum atomic E-state index is 11.1. The lowest BCUT2D eigenvalue weighted by atomic mass is 10.0. The monoisotopic (exact) mass is 284 g/mol. The third kappa shape index (κ3) is 4.18. The fraction of sp³-hybridized carbons (Fsp3) is 0.692.